The van der Waals surface area contributed by atoms with Crippen LogP contribution in [0.4, 0.5) is 0 Å². The molecule has 0 spiro atoms. The second-order valence-electron chi connectivity index (χ2n) is 5.80. The van der Waals surface area contributed by atoms with Crippen molar-refractivity contribution in [2.75, 3.05) is 7.11 Å². The third kappa shape index (κ3) is 4.37. The quantitative estimate of drug-likeness (QED) is 0.603. The molecule has 3 aromatic rings. The lowest BCUT2D eigenvalue weighted by atomic mass is 10.2. The first kappa shape index (κ1) is 19.1. The molecule has 0 amide bonds. The molecule has 1 aromatic heterocycles. The summed E-state index contributed by atoms with van der Waals surface area (Å²) in [5.41, 5.74) is 1.08. The standard InChI is InChI=1S/C20H18N2O3S2/c1-25-20-10-3-2-7-17(20)14-22(15-18-8-5-11-26-18)27(23,24)19-9-4-6-16(12-19)13-21/h2-12H,14-15H2,1H3. The lowest BCUT2D eigenvalue weighted by Gasteiger charge is -2.23. The molecule has 0 aliphatic rings. The number of nitriles is 1. The van der Waals surface area contributed by atoms with Crippen LogP contribution in [0.25, 0.3) is 0 Å². The van der Waals surface area contributed by atoms with Crippen LogP contribution in [0.1, 0.15) is 16.0 Å². The first-order valence-electron chi connectivity index (χ1n) is 8.19. The van der Waals surface area contributed by atoms with E-state index >= 15 is 0 Å². The molecule has 5 nitrogen and oxygen atoms in total. The van der Waals surface area contributed by atoms with Gasteiger partial charge in [0.2, 0.25) is 10.0 Å². The first-order chi connectivity index (χ1) is 13.0. The molecule has 138 valence electrons. The van der Waals surface area contributed by atoms with Gasteiger partial charge in [-0.05, 0) is 35.7 Å². The number of sulfonamides is 1. The Balaban J connectivity index is 2.02. The van der Waals surface area contributed by atoms with Crippen molar-refractivity contribution < 1.29 is 13.2 Å². The van der Waals surface area contributed by atoms with E-state index in [0.717, 1.165) is 10.4 Å². The summed E-state index contributed by atoms with van der Waals surface area (Å²) in [4.78, 5) is 1.04. The number of ether oxygens (including phenoxy) is 1. The van der Waals surface area contributed by atoms with Crippen LogP contribution >= 0.6 is 11.3 Å². The van der Waals surface area contributed by atoms with E-state index in [1.807, 2.05) is 47.8 Å². The Labute approximate surface area is 163 Å². The van der Waals surface area contributed by atoms with Crippen LogP contribution in [-0.2, 0) is 23.1 Å². The molecule has 2 aromatic carbocycles. The van der Waals surface area contributed by atoms with Gasteiger partial charge in [-0.15, -0.1) is 11.3 Å². The lowest BCUT2D eigenvalue weighted by molar-refractivity contribution is 0.377. The zero-order valence-corrected chi connectivity index (χ0v) is 16.3. The third-order valence-electron chi connectivity index (χ3n) is 4.05. The monoisotopic (exact) mass is 398 g/mol. The summed E-state index contributed by atoms with van der Waals surface area (Å²) in [6.45, 7) is 0.413. The van der Waals surface area contributed by atoms with Crippen molar-refractivity contribution in [3.8, 4) is 11.8 Å². The largest absolute Gasteiger partial charge is 0.496 e. The van der Waals surface area contributed by atoms with Crippen molar-refractivity contribution in [1.29, 1.82) is 5.26 Å². The van der Waals surface area contributed by atoms with Gasteiger partial charge in [0.15, 0.2) is 0 Å². The van der Waals surface area contributed by atoms with Gasteiger partial charge in [-0.2, -0.15) is 9.57 Å². The maximum Gasteiger partial charge on any atom is 0.243 e. The van der Waals surface area contributed by atoms with Gasteiger partial charge in [-0.1, -0.05) is 30.3 Å². The summed E-state index contributed by atoms with van der Waals surface area (Å²) in [7, 11) is -2.24. The molecular weight excluding hydrogens is 380 g/mol. The Bertz CT molecular complexity index is 1050. The zero-order chi connectivity index (χ0) is 19.3. The van der Waals surface area contributed by atoms with E-state index in [4.69, 9.17) is 10.00 Å². The van der Waals surface area contributed by atoms with Crippen molar-refractivity contribution >= 4 is 21.4 Å². The molecule has 0 N–H and O–H groups in total. The summed E-state index contributed by atoms with van der Waals surface area (Å²) in [6, 6.07) is 19.2. The van der Waals surface area contributed by atoms with E-state index in [0.29, 0.717) is 11.3 Å². The highest BCUT2D eigenvalue weighted by Crippen LogP contribution is 2.26. The van der Waals surface area contributed by atoms with Crippen LogP contribution in [0.5, 0.6) is 5.75 Å². The van der Waals surface area contributed by atoms with Gasteiger partial charge in [0.05, 0.1) is 23.6 Å². The molecule has 0 aliphatic carbocycles. The maximum atomic E-state index is 13.3. The zero-order valence-electron chi connectivity index (χ0n) is 14.7. The molecule has 0 fully saturated rings. The minimum Gasteiger partial charge on any atom is -0.496 e. The van der Waals surface area contributed by atoms with Crippen LogP contribution in [-0.4, -0.2) is 19.8 Å². The molecule has 0 saturated heterocycles. The van der Waals surface area contributed by atoms with E-state index in [1.165, 1.54) is 27.8 Å². The van der Waals surface area contributed by atoms with E-state index in [2.05, 4.69) is 0 Å². The number of thiophene rings is 1. The van der Waals surface area contributed by atoms with Gasteiger partial charge < -0.3 is 4.74 Å². The summed E-state index contributed by atoms with van der Waals surface area (Å²) in [5, 5.41) is 11.0. The van der Waals surface area contributed by atoms with Crippen LogP contribution in [0, 0.1) is 11.3 Å². The lowest BCUT2D eigenvalue weighted by Crippen LogP contribution is -2.30. The number of para-hydroxylation sites is 1. The topological polar surface area (TPSA) is 70.4 Å². The molecule has 0 unspecified atom stereocenters. The molecular formula is C20H18N2O3S2. The van der Waals surface area contributed by atoms with E-state index < -0.39 is 10.0 Å². The fourth-order valence-corrected chi connectivity index (χ4v) is 4.94. The highest BCUT2D eigenvalue weighted by atomic mass is 32.2. The maximum absolute atomic E-state index is 13.3. The van der Waals surface area contributed by atoms with Crippen LogP contribution in [0.2, 0.25) is 0 Å². The molecule has 3 rings (SSSR count). The Morgan fingerprint density at radius 1 is 1.07 bits per heavy atom. The molecule has 0 atom stereocenters. The second kappa shape index (κ2) is 8.35. The van der Waals surface area contributed by atoms with Crippen molar-refractivity contribution in [2.45, 2.75) is 18.0 Å². The van der Waals surface area contributed by atoms with Gasteiger partial charge in [-0.25, -0.2) is 8.42 Å². The summed E-state index contributed by atoms with van der Waals surface area (Å²) < 4.78 is 33.4. The molecule has 0 radical (unpaired) electrons. The van der Waals surface area contributed by atoms with Crippen molar-refractivity contribution in [2.24, 2.45) is 0 Å². The number of nitrogens with zero attached hydrogens (tertiary/aromatic N) is 2. The van der Waals surface area contributed by atoms with E-state index in [9.17, 15) is 8.42 Å². The predicted octanol–water partition coefficient (Wildman–Crippen LogP) is 4.02. The predicted molar refractivity (Wildman–Crippen MR) is 105 cm³/mol. The van der Waals surface area contributed by atoms with Crippen molar-refractivity contribution in [3.05, 3.63) is 82.0 Å². The van der Waals surface area contributed by atoms with Gasteiger partial charge in [0, 0.05) is 23.5 Å². The smallest absolute Gasteiger partial charge is 0.243 e. The summed E-state index contributed by atoms with van der Waals surface area (Å²) in [5.74, 6) is 0.634. The first-order valence-corrected chi connectivity index (χ1v) is 10.5. The highest BCUT2D eigenvalue weighted by Gasteiger charge is 2.26. The number of hydrogen-bond acceptors (Lipinski definition) is 5. The van der Waals surface area contributed by atoms with E-state index in [-0.39, 0.29) is 18.0 Å². The molecule has 0 aliphatic heterocycles. The second-order valence-corrected chi connectivity index (χ2v) is 8.77. The summed E-state index contributed by atoms with van der Waals surface area (Å²) in [6.07, 6.45) is 0. The normalized spacial score (nSPS) is 11.3. The fourth-order valence-electron chi connectivity index (χ4n) is 2.70. The average molecular weight is 399 g/mol. The Morgan fingerprint density at radius 2 is 1.89 bits per heavy atom. The van der Waals surface area contributed by atoms with Crippen LogP contribution < -0.4 is 4.74 Å². The minimum absolute atomic E-state index is 0.105. The molecule has 1 heterocycles. The minimum atomic E-state index is -3.80. The average Bonchev–Trinajstić information content (AvgIpc) is 3.21. The number of rotatable bonds is 7. The Morgan fingerprint density at radius 3 is 2.59 bits per heavy atom. The van der Waals surface area contributed by atoms with Gasteiger partial charge >= 0.3 is 0 Å². The molecule has 27 heavy (non-hydrogen) atoms. The van der Waals surface area contributed by atoms with Gasteiger partial charge in [0.1, 0.15) is 5.75 Å². The fraction of sp³-hybridized carbons (Fsp3) is 0.150. The highest BCUT2D eigenvalue weighted by molar-refractivity contribution is 7.89. The molecule has 0 bridgehead atoms. The number of hydrogen-bond donors (Lipinski definition) is 0. The molecule has 7 heteroatoms. The van der Waals surface area contributed by atoms with Crippen LogP contribution in [0.15, 0.2) is 70.9 Å². The van der Waals surface area contributed by atoms with Gasteiger partial charge in [-0.3, -0.25) is 0 Å². The van der Waals surface area contributed by atoms with Crippen molar-refractivity contribution in [1.82, 2.24) is 4.31 Å². The van der Waals surface area contributed by atoms with Crippen LogP contribution in [0.3, 0.4) is 0 Å². The van der Waals surface area contributed by atoms with E-state index in [1.54, 1.807) is 19.2 Å². The molecule has 0 saturated carbocycles. The Kier molecular flexibility index (Phi) is 5.91. The third-order valence-corrected chi connectivity index (χ3v) is 6.70. The van der Waals surface area contributed by atoms with Crippen molar-refractivity contribution in [3.63, 3.8) is 0 Å². The number of benzene rings is 2. The summed E-state index contributed by atoms with van der Waals surface area (Å²) >= 11 is 1.50. The Hall–Kier alpha value is -2.66. The van der Waals surface area contributed by atoms with Gasteiger partial charge in [0.25, 0.3) is 0 Å². The number of methoxy groups -OCH3 is 1. The SMILES string of the molecule is COc1ccccc1CN(Cc1cccs1)S(=O)(=O)c1cccc(C#N)c1.